The predicted molar refractivity (Wildman–Crippen MR) is 85.7 cm³/mol. The second-order valence-corrected chi connectivity index (χ2v) is 5.79. The van der Waals surface area contributed by atoms with Crippen LogP contribution in [0.15, 0.2) is 24.5 Å². The molecule has 1 aliphatic heterocycles. The van der Waals surface area contributed by atoms with Gasteiger partial charge in [0.15, 0.2) is 0 Å². The Morgan fingerprint density at radius 3 is 2.77 bits per heavy atom. The monoisotopic (exact) mass is 318 g/mol. The third kappa shape index (κ3) is 2.37. The maximum Gasteiger partial charge on any atom is 0.227 e. The number of alkyl halides is 1. The van der Waals surface area contributed by atoms with E-state index in [-0.39, 0.29) is 11.7 Å². The molecule has 0 fully saturated rings. The fourth-order valence-corrected chi connectivity index (χ4v) is 3.11. The van der Waals surface area contributed by atoms with Crippen LogP contribution < -0.4 is 4.90 Å². The van der Waals surface area contributed by atoms with E-state index in [0.29, 0.717) is 30.0 Å². The highest BCUT2D eigenvalue weighted by molar-refractivity contribution is 6.17. The minimum Gasteiger partial charge on any atom is -0.315 e. The van der Waals surface area contributed by atoms with Crippen molar-refractivity contribution in [1.29, 1.82) is 0 Å². The maximum absolute atomic E-state index is 14.6. The second kappa shape index (κ2) is 5.69. The Morgan fingerprint density at radius 1 is 1.27 bits per heavy atom. The van der Waals surface area contributed by atoms with Gasteiger partial charge < -0.3 is 4.90 Å². The molecule has 0 unspecified atom stereocenters. The molecule has 5 heteroatoms. The summed E-state index contributed by atoms with van der Waals surface area (Å²) in [4.78, 5) is 17.4. The summed E-state index contributed by atoms with van der Waals surface area (Å²) in [6.07, 6.45) is 4.45. The van der Waals surface area contributed by atoms with Gasteiger partial charge >= 0.3 is 0 Å². The van der Waals surface area contributed by atoms with Crippen molar-refractivity contribution in [3.05, 3.63) is 47.0 Å². The van der Waals surface area contributed by atoms with Crippen LogP contribution in [-0.4, -0.2) is 17.9 Å². The number of nitrogens with zero attached hydrogens (tertiary/aromatic N) is 2. The van der Waals surface area contributed by atoms with Crippen LogP contribution in [0.25, 0.3) is 11.1 Å². The largest absolute Gasteiger partial charge is 0.315 e. The highest BCUT2D eigenvalue weighted by Crippen LogP contribution is 2.35. The Balaban J connectivity index is 2.16. The lowest BCUT2D eigenvalue weighted by atomic mass is 9.93. The molecule has 0 radical (unpaired) electrons. The lowest BCUT2D eigenvalue weighted by Gasteiger charge is -2.26. The van der Waals surface area contributed by atoms with Gasteiger partial charge in [-0.1, -0.05) is 0 Å². The van der Waals surface area contributed by atoms with E-state index in [9.17, 15) is 9.18 Å². The van der Waals surface area contributed by atoms with Gasteiger partial charge in [-0.3, -0.25) is 9.78 Å². The zero-order valence-electron chi connectivity index (χ0n) is 12.5. The standard InChI is InChI=1S/C17H16ClFN2O/c1-10-12(7-18)8-20-9-14(10)13-5-11-3-4-17(22)21(2)16(11)6-15(13)19/h5-6,8-9H,3-4,7H2,1-2H3. The number of carbonyl (C=O) groups excluding carboxylic acids is 1. The Kier molecular flexibility index (Phi) is 3.87. The van der Waals surface area contributed by atoms with E-state index >= 15 is 0 Å². The lowest BCUT2D eigenvalue weighted by Crippen LogP contribution is -2.31. The maximum atomic E-state index is 14.6. The molecule has 0 atom stereocenters. The fraction of sp³-hybridized carbons (Fsp3) is 0.294. The zero-order chi connectivity index (χ0) is 15.9. The molecule has 0 saturated heterocycles. The number of amides is 1. The quantitative estimate of drug-likeness (QED) is 0.788. The van der Waals surface area contributed by atoms with Crippen LogP contribution in [-0.2, 0) is 17.1 Å². The van der Waals surface area contributed by atoms with Crippen LogP contribution in [0.2, 0.25) is 0 Å². The van der Waals surface area contributed by atoms with Crippen LogP contribution in [0.1, 0.15) is 23.1 Å². The van der Waals surface area contributed by atoms with Gasteiger partial charge in [-0.2, -0.15) is 0 Å². The third-order valence-corrected chi connectivity index (χ3v) is 4.55. The van der Waals surface area contributed by atoms with E-state index < -0.39 is 0 Å². The molecule has 0 spiro atoms. The van der Waals surface area contributed by atoms with E-state index in [2.05, 4.69) is 4.98 Å². The molecule has 2 heterocycles. The van der Waals surface area contributed by atoms with Crippen molar-refractivity contribution in [2.24, 2.45) is 0 Å². The van der Waals surface area contributed by atoms with Crippen LogP contribution in [0.4, 0.5) is 10.1 Å². The van der Waals surface area contributed by atoms with Gasteiger partial charge in [0.25, 0.3) is 0 Å². The summed E-state index contributed by atoms with van der Waals surface area (Å²) in [7, 11) is 1.68. The van der Waals surface area contributed by atoms with Crippen molar-refractivity contribution in [3.63, 3.8) is 0 Å². The number of hydrogen-bond donors (Lipinski definition) is 0. The smallest absolute Gasteiger partial charge is 0.227 e. The second-order valence-electron chi connectivity index (χ2n) is 5.52. The van der Waals surface area contributed by atoms with E-state index in [1.54, 1.807) is 19.4 Å². The average Bonchev–Trinajstić information content (AvgIpc) is 2.52. The predicted octanol–water partition coefficient (Wildman–Crippen LogP) is 3.84. The van der Waals surface area contributed by atoms with E-state index in [4.69, 9.17) is 11.6 Å². The van der Waals surface area contributed by atoms with Gasteiger partial charge in [0.1, 0.15) is 5.82 Å². The summed E-state index contributed by atoms with van der Waals surface area (Å²) in [6.45, 7) is 1.92. The van der Waals surface area contributed by atoms with Crippen molar-refractivity contribution >= 4 is 23.2 Å². The highest BCUT2D eigenvalue weighted by Gasteiger charge is 2.23. The Morgan fingerprint density at radius 2 is 2.05 bits per heavy atom. The van der Waals surface area contributed by atoms with Gasteiger partial charge in [0.2, 0.25) is 5.91 Å². The highest BCUT2D eigenvalue weighted by atomic mass is 35.5. The minimum absolute atomic E-state index is 0.0154. The molecule has 2 aromatic rings. The van der Waals surface area contributed by atoms with Gasteiger partial charge in [-0.05, 0) is 42.2 Å². The summed E-state index contributed by atoms with van der Waals surface area (Å²) in [5, 5.41) is 0. The van der Waals surface area contributed by atoms with Gasteiger partial charge in [0, 0.05) is 48.6 Å². The molecule has 3 nitrogen and oxygen atoms in total. The van der Waals surface area contributed by atoms with E-state index in [1.165, 1.54) is 11.0 Å². The molecule has 3 rings (SSSR count). The van der Waals surface area contributed by atoms with Crippen LogP contribution in [0.3, 0.4) is 0 Å². The summed E-state index contributed by atoms with van der Waals surface area (Å²) >= 11 is 5.90. The minimum atomic E-state index is -0.350. The number of benzene rings is 1. The van der Waals surface area contributed by atoms with Crippen molar-refractivity contribution in [1.82, 2.24) is 4.98 Å². The SMILES string of the molecule is Cc1c(CCl)cncc1-c1cc2c(cc1F)N(C)C(=O)CC2. The first-order valence-electron chi connectivity index (χ1n) is 7.11. The van der Waals surface area contributed by atoms with Crippen molar-refractivity contribution in [2.45, 2.75) is 25.6 Å². The number of anilines is 1. The molecule has 0 saturated carbocycles. The molecular formula is C17H16ClFN2O. The first kappa shape index (κ1) is 15.0. The molecule has 0 bridgehead atoms. The number of hydrogen-bond acceptors (Lipinski definition) is 2. The number of aromatic nitrogens is 1. The summed E-state index contributed by atoms with van der Waals surface area (Å²) < 4.78 is 14.6. The fourth-order valence-electron chi connectivity index (χ4n) is 2.84. The Labute approximate surface area is 133 Å². The number of rotatable bonds is 2. The number of carbonyl (C=O) groups is 1. The summed E-state index contributed by atoms with van der Waals surface area (Å²) in [5.41, 5.74) is 4.72. The number of pyridine rings is 1. The number of halogens is 2. The third-order valence-electron chi connectivity index (χ3n) is 4.27. The first-order chi connectivity index (χ1) is 10.5. The molecule has 0 aliphatic carbocycles. The van der Waals surface area contributed by atoms with Crippen molar-refractivity contribution < 1.29 is 9.18 Å². The topological polar surface area (TPSA) is 33.2 Å². The molecule has 22 heavy (non-hydrogen) atoms. The van der Waals surface area contributed by atoms with Crippen molar-refractivity contribution in [3.8, 4) is 11.1 Å². The van der Waals surface area contributed by atoms with Gasteiger partial charge in [-0.15, -0.1) is 11.6 Å². The van der Waals surface area contributed by atoms with E-state index in [1.807, 2.05) is 13.0 Å². The number of aryl methyl sites for hydroxylation is 1. The first-order valence-corrected chi connectivity index (χ1v) is 7.65. The average molecular weight is 319 g/mol. The van der Waals surface area contributed by atoms with Gasteiger partial charge in [-0.25, -0.2) is 4.39 Å². The van der Waals surface area contributed by atoms with E-state index in [0.717, 1.165) is 22.3 Å². The zero-order valence-corrected chi connectivity index (χ0v) is 13.2. The molecule has 0 N–H and O–H groups in total. The van der Waals surface area contributed by atoms with Crippen LogP contribution in [0, 0.1) is 12.7 Å². The molecular weight excluding hydrogens is 303 g/mol. The molecule has 1 aliphatic rings. The number of fused-ring (bicyclic) bond motifs is 1. The van der Waals surface area contributed by atoms with Crippen LogP contribution in [0.5, 0.6) is 0 Å². The van der Waals surface area contributed by atoms with Gasteiger partial charge in [0.05, 0.1) is 0 Å². The normalized spacial score (nSPS) is 14.2. The molecule has 1 aromatic carbocycles. The molecule has 114 valence electrons. The Bertz CT molecular complexity index is 761. The van der Waals surface area contributed by atoms with Crippen molar-refractivity contribution in [2.75, 3.05) is 11.9 Å². The van der Waals surface area contributed by atoms with Crippen LogP contribution >= 0.6 is 11.6 Å². The Hall–Kier alpha value is -1.94. The summed E-state index contributed by atoms with van der Waals surface area (Å²) in [5.74, 6) is 0.00905. The molecule has 1 amide bonds. The summed E-state index contributed by atoms with van der Waals surface area (Å²) in [6, 6.07) is 3.27. The lowest BCUT2D eigenvalue weighted by molar-refractivity contribution is -0.118. The molecule has 1 aromatic heterocycles.